The fraction of sp³-hybridized carbons (Fsp3) is 0.259. The average Bonchev–Trinajstić information content (AvgIpc) is 2.80. The molecule has 3 rings (SSSR count). The van der Waals surface area contributed by atoms with E-state index in [0.717, 1.165) is 16.7 Å². The number of benzene rings is 3. The van der Waals surface area contributed by atoms with Crippen molar-refractivity contribution in [3.63, 3.8) is 0 Å². The number of hydrogen-bond donors (Lipinski definition) is 2. The first kappa shape index (κ1) is 23.1. The van der Waals surface area contributed by atoms with Crippen LogP contribution in [0.4, 0.5) is 5.69 Å². The standard InChI is InChI=1S/C27H30N2O3/c1-5-24(32-25-17-11-12-18(2)19(25)3)27(31)29-23-16-10-9-15-22(23)26(30)28-20(4)21-13-7-6-8-14-21/h6-17,20,24H,5H2,1-4H3,(H,28,30)(H,29,31). The Morgan fingerprint density at radius 1 is 0.906 bits per heavy atom. The van der Waals surface area contributed by atoms with Crippen LogP contribution in [0.25, 0.3) is 0 Å². The molecule has 3 aromatic carbocycles. The van der Waals surface area contributed by atoms with Gasteiger partial charge in [-0.3, -0.25) is 9.59 Å². The summed E-state index contributed by atoms with van der Waals surface area (Å²) in [5.41, 5.74) is 3.99. The molecule has 0 aliphatic rings. The molecule has 2 amide bonds. The predicted octanol–water partition coefficient (Wildman–Crippen LogP) is 5.59. The van der Waals surface area contributed by atoms with E-state index in [1.807, 2.05) is 76.2 Å². The smallest absolute Gasteiger partial charge is 0.265 e. The molecule has 3 aromatic rings. The van der Waals surface area contributed by atoms with Gasteiger partial charge in [-0.2, -0.15) is 0 Å². The van der Waals surface area contributed by atoms with Crippen LogP contribution in [0.3, 0.4) is 0 Å². The molecule has 166 valence electrons. The molecule has 0 aliphatic heterocycles. The van der Waals surface area contributed by atoms with E-state index in [0.29, 0.717) is 23.4 Å². The van der Waals surface area contributed by atoms with Gasteiger partial charge in [0.1, 0.15) is 5.75 Å². The van der Waals surface area contributed by atoms with E-state index >= 15 is 0 Å². The van der Waals surface area contributed by atoms with E-state index in [2.05, 4.69) is 10.6 Å². The molecule has 0 bridgehead atoms. The van der Waals surface area contributed by atoms with Crippen LogP contribution in [0.2, 0.25) is 0 Å². The Morgan fingerprint density at radius 2 is 1.59 bits per heavy atom. The molecule has 0 saturated heterocycles. The predicted molar refractivity (Wildman–Crippen MR) is 128 cm³/mol. The van der Waals surface area contributed by atoms with Crippen molar-refractivity contribution in [2.45, 2.75) is 46.3 Å². The van der Waals surface area contributed by atoms with Crippen molar-refractivity contribution in [1.29, 1.82) is 0 Å². The van der Waals surface area contributed by atoms with Crippen molar-refractivity contribution in [1.82, 2.24) is 5.32 Å². The van der Waals surface area contributed by atoms with Crippen molar-refractivity contribution < 1.29 is 14.3 Å². The second-order valence-corrected chi connectivity index (χ2v) is 7.85. The highest BCUT2D eigenvalue weighted by Gasteiger charge is 2.22. The van der Waals surface area contributed by atoms with Crippen molar-refractivity contribution in [2.24, 2.45) is 0 Å². The molecule has 0 aliphatic carbocycles. The number of carbonyl (C=O) groups excluding carboxylic acids is 2. The minimum Gasteiger partial charge on any atom is -0.480 e. The Balaban J connectivity index is 1.73. The molecule has 2 N–H and O–H groups in total. The van der Waals surface area contributed by atoms with Crippen molar-refractivity contribution in [3.8, 4) is 5.75 Å². The molecule has 2 unspecified atom stereocenters. The summed E-state index contributed by atoms with van der Waals surface area (Å²) in [6.45, 7) is 7.81. The number of carbonyl (C=O) groups is 2. The fourth-order valence-corrected chi connectivity index (χ4v) is 3.43. The summed E-state index contributed by atoms with van der Waals surface area (Å²) in [6, 6.07) is 22.4. The van der Waals surface area contributed by atoms with Gasteiger partial charge < -0.3 is 15.4 Å². The largest absolute Gasteiger partial charge is 0.480 e. The van der Waals surface area contributed by atoms with E-state index in [-0.39, 0.29) is 17.9 Å². The second kappa shape index (κ2) is 10.6. The fourth-order valence-electron chi connectivity index (χ4n) is 3.43. The van der Waals surface area contributed by atoms with E-state index < -0.39 is 6.10 Å². The van der Waals surface area contributed by atoms with Crippen LogP contribution < -0.4 is 15.4 Å². The number of anilines is 1. The summed E-state index contributed by atoms with van der Waals surface area (Å²) in [4.78, 5) is 25.9. The molecule has 0 spiro atoms. The molecular formula is C27H30N2O3. The van der Waals surface area contributed by atoms with Gasteiger partial charge in [-0.15, -0.1) is 0 Å². The number of ether oxygens (including phenoxy) is 1. The van der Waals surface area contributed by atoms with Gasteiger partial charge in [0.25, 0.3) is 11.8 Å². The van der Waals surface area contributed by atoms with E-state index in [1.165, 1.54) is 0 Å². The minimum atomic E-state index is -0.671. The quantitative estimate of drug-likeness (QED) is 0.489. The summed E-state index contributed by atoms with van der Waals surface area (Å²) < 4.78 is 6.02. The lowest BCUT2D eigenvalue weighted by molar-refractivity contribution is -0.122. The van der Waals surface area contributed by atoms with Gasteiger partial charge in [-0.05, 0) is 62.1 Å². The van der Waals surface area contributed by atoms with E-state index in [4.69, 9.17) is 4.74 Å². The molecule has 2 atom stereocenters. The van der Waals surface area contributed by atoms with Gasteiger partial charge in [0.15, 0.2) is 6.10 Å². The number of nitrogens with one attached hydrogen (secondary N) is 2. The summed E-state index contributed by atoms with van der Waals surface area (Å²) >= 11 is 0. The molecule has 5 nitrogen and oxygen atoms in total. The van der Waals surface area contributed by atoms with Crippen LogP contribution in [0.5, 0.6) is 5.75 Å². The van der Waals surface area contributed by atoms with Crippen LogP contribution in [-0.4, -0.2) is 17.9 Å². The van der Waals surface area contributed by atoms with Gasteiger partial charge in [0, 0.05) is 0 Å². The van der Waals surface area contributed by atoms with Crippen molar-refractivity contribution in [2.75, 3.05) is 5.32 Å². The number of rotatable bonds is 8. The van der Waals surface area contributed by atoms with Crippen LogP contribution in [0.15, 0.2) is 72.8 Å². The van der Waals surface area contributed by atoms with Crippen LogP contribution in [0.1, 0.15) is 53.4 Å². The van der Waals surface area contributed by atoms with Gasteiger partial charge in [0.05, 0.1) is 17.3 Å². The molecule has 0 aromatic heterocycles. The van der Waals surface area contributed by atoms with Gasteiger partial charge in [-0.1, -0.05) is 61.5 Å². The minimum absolute atomic E-state index is 0.163. The normalized spacial score (nSPS) is 12.5. The molecule has 0 radical (unpaired) electrons. The molecular weight excluding hydrogens is 400 g/mol. The van der Waals surface area contributed by atoms with Crippen LogP contribution >= 0.6 is 0 Å². The monoisotopic (exact) mass is 430 g/mol. The Morgan fingerprint density at radius 3 is 2.31 bits per heavy atom. The molecule has 0 heterocycles. The zero-order chi connectivity index (χ0) is 23.1. The second-order valence-electron chi connectivity index (χ2n) is 7.85. The Labute approximate surface area is 189 Å². The third-order valence-corrected chi connectivity index (χ3v) is 5.56. The van der Waals surface area contributed by atoms with Crippen LogP contribution in [-0.2, 0) is 4.79 Å². The third kappa shape index (κ3) is 5.55. The first-order chi connectivity index (χ1) is 15.4. The Hall–Kier alpha value is -3.60. The first-order valence-corrected chi connectivity index (χ1v) is 10.9. The van der Waals surface area contributed by atoms with E-state index in [1.54, 1.807) is 24.3 Å². The maximum Gasteiger partial charge on any atom is 0.265 e. The topological polar surface area (TPSA) is 67.4 Å². The molecule has 32 heavy (non-hydrogen) atoms. The number of aryl methyl sites for hydroxylation is 1. The summed E-state index contributed by atoms with van der Waals surface area (Å²) in [5.74, 6) is 0.153. The number of amides is 2. The van der Waals surface area contributed by atoms with Gasteiger partial charge in [0.2, 0.25) is 0 Å². The lowest BCUT2D eigenvalue weighted by atomic mass is 10.1. The molecule has 0 fully saturated rings. The third-order valence-electron chi connectivity index (χ3n) is 5.56. The van der Waals surface area contributed by atoms with Crippen molar-refractivity contribution >= 4 is 17.5 Å². The van der Waals surface area contributed by atoms with Gasteiger partial charge >= 0.3 is 0 Å². The summed E-state index contributed by atoms with van der Waals surface area (Å²) in [7, 11) is 0. The summed E-state index contributed by atoms with van der Waals surface area (Å²) in [5, 5.41) is 5.89. The highest BCUT2D eigenvalue weighted by molar-refractivity contribution is 6.04. The maximum atomic E-state index is 13.0. The van der Waals surface area contributed by atoms with Crippen LogP contribution in [0, 0.1) is 13.8 Å². The number of hydrogen-bond acceptors (Lipinski definition) is 3. The highest BCUT2D eigenvalue weighted by Crippen LogP contribution is 2.24. The highest BCUT2D eigenvalue weighted by atomic mass is 16.5. The molecule has 5 heteroatoms. The summed E-state index contributed by atoms with van der Waals surface area (Å²) in [6.07, 6.45) is -0.173. The maximum absolute atomic E-state index is 13.0. The van der Waals surface area contributed by atoms with E-state index in [9.17, 15) is 9.59 Å². The molecule has 0 saturated carbocycles. The lowest BCUT2D eigenvalue weighted by Crippen LogP contribution is -2.34. The van der Waals surface area contributed by atoms with Crippen molar-refractivity contribution in [3.05, 3.63) is 95.1 Å². The lowest BCUT2D eigenvalue weighted by Gasteiger charge is -2.20. The zero-order valence-electron chi connectivity index (χ0n) is 19.0. The SMILES string of the molecule is CCC(Oc1cccc(C)c1C)C(=O)Nc1ccccc1C(=O)NC(C)c1ccccc1. The van der Waals surface area contributed by atoms with Gasteiger partial charge in [-0.25, -0.2) is 0 Å². The Kier molecular flexibility index (Phi) is 7.66. The average molecular weight is 431 g/mol. The Bertz CT molecular complexity index is 1080. The zero-order valence-corrected chi connectivity index (χ0v) is 19.0. The first-order valence-electron chi connectivity index (χ1n) is 10.9. The number of para-hydroxylation sites is 1.